The van der Waals surface area contributed by atoms with Gasteiger partial charge in [-0.2, -0.15) is 11.8 Å². The first kappa shape index (κ1) is 14.0. The summed E-state index contributed by atoms with van der Waals surface area (Å²) in [5.41, 5.74) is 0.317. The van der Waals surface area contributed by atoms with Crippen LogP contribution in [-0.4, -0.2) is 29.1 Å². The van der Waals surface area contributed by atoms with Crippen LogP contribution in [0, 0.1) is 5.41 Å². The zero-order chi connectivity index (χ0) is 13.2. The highest BCUT2D eigenvalue weighted by Gasteiger charge is 2.48. The molecule has 0 spiro atoms. The molecule has 0 aromatic carbocycles. The average molecular weight is 270 g/mol. The van der Waals surface area contributed by atoms with Crippen molar-refractivity contribution in [3.05, 3.63) is 0 Å². The van der Waals surface area contributed by atoms with E-state index in [1.165, 1.54) is 32.1 Å². The maximum Gasteiger partial charge on any atom is 0.315 e. The van der Waals surface area contributed by atoms with E-state index in [0.29, 0.717) is 22.7 Å². The van der Waals surface area contributed by atoms with E-state index in [9.17, 15) is 4.79 Å². The number of hydrogen-bond acceptors (Lipinski definition) is 2. The minimum absolute atomic E-state index is 0.0251. The van der Waals surface area contributed by atoms with Gasteiger partial charge in [0.15, 0.2) is 0 Å². The Bertz CT molecular complexity index is 306. The van der Waals surface area contributed by atoms with Crippen LogP contribution in [0.25, 0.3) is 0 Å². The Hall–Kier alpha value is -0.380. The molecule has 3 unspecified atom stereocenters. The van der Waals surface area contributed by atoms with Crippen LogP contribution in [0.4, 0.5) is 4.79 Å². The van der Waals surface area contributed by atoms with E-state index < -0.39 is 0 Å². The van der Waals surface area contributed by atoms with Crippen molar-refractivity contribution in [3.8, 4) is 0 Å². The van der Waals surface area contributed by atoms with Gasteiger partial charge in [-0.1, -0.05) is 46.5 Å². The Morgan fingerprint density at radius 2 is 2.06 bits per heavy atom. The molecule has 3 atom stereocenters. The second kappa shape index (κ2) is 5.72. The molecule has 3 nitrogen and oxygen atoms in total. The van der Waals surface area contributed by atoms with Crippen LogP contribution in [0.15, 0.2) is 0 Å². The topological polar surface area (TPSA) is 41.1 Å². The Labute approximate surface area is 115 Å². The van der Waals surface area contributed by atoms with Crippen LogP contribution in [0.3, 0.4) is 0 Å². The number of rotatable bonds is 6. The van der Waals surface area contributed by atoms with Gasteiger partial charge in [-0.3, -0.25) is 0 Å². The lowest BCUT2D eigenvalue weighted by Gasteiger charge is -2.34. The van der Waals surface area contributed by atoms with Gasteiger partial charge in [0.2, 0.25) is 0 Å². The van der Waals surface area contributed by atoms with Crippen LogP contribution in [0.5, 0.6) is 0 Å². The largest absolute Gasteiger partial charge is 0.332 e. The maximum atomic E-state index is 11.4. The molecular weight excluding hydrogens is 244 g/mol. The molecule has 0 aromatic heterocycles. The number of carbonyl (C=O) groups excluding carboxylic acids is 1. The number of urea groups is 1. The van der Waals surface area contributed by atoms with Gasteiger partial charge in [-0.25, -0.2) is 4.79 Å². The Balaban J connectivity index is 1.87. The van der Waals surface area contributed by atoms with Gasteiger partial charge in [0.1, 0.15) is 0 Å². The quantitative estimate of drug-likeness (QED) is 0.575. The molecule has 4 heteroatoms. The van der Waals surface area contributed by atoms with Gasteiger partial charge >= 0.3 is 6.03 Å². The summed E-state index contributed by atoms with van der Waals surface area (Å²) in [7, 11) is 0. The Kier molecular flexibility index (Phi) is 4.46. The van der Waals surface area contributed by atoms with Crippen molar-refractivity contribution in [2.45, 2.75) is 70.2 Å². The number of thioether (sulfide) groups is 1. The number of nitrogens with one attached hydrogen (secondary N) is 2. The molecule has 0 aliphatic carbocycles. The summed E-state index contributed by atoms with van der Waals surface area (Å²) in [6.07, 6.45) is 6.57. The SMILES string of the molecule is CCCCCCC(C)(C)C1SCC2NC(=O)NC21. The smallest absolute Gasteiger partial charge is 0.315 e. The molecule has 0 aromatic rings. The van der Waals surface area contributed by atoms with Gasteiger partial charge in [0.05, 0.1) is 12.1 Å². The third kappa shape index (κ3) is 2.95. The number of amides is 2. The van der Waals surface area contributed by atoms with Crippen LogP contribution >= 0.6 is 11.8 Å². The lowest BCUT2D eigenvalue weighted by Crippen LogP contribution is -2.44. The monoisotopic (exact) mass is 270 g/mol. The van der Waals surface area contributed by atoms with E-state index in [1.54, 1.807) is 0 Å². The van der Waals surface area contributed by atoms with E-state index in [4.69, 9.17) is 0 Å². The minimum Gasteiger partial charge on any atom is -0.332 e. The van der Waals surface area contributed by atoms with Crippen molar-refractivity contribution in [3.63, 3.8) is 0 Å². The van der Waals surface area contributed by atoms with Crippen LogP contribution in [-0.2, 0) is 0 Å². The maximum absolute atomic E-state index is 11.4. The molecule has 2 fully saturated rings. The van der Waals surface area contributed by atoms with E-state index in [0.717, 1.165) is 5.75 Å². The van der Waals surface area contributed by atoms with E-state index in [-0.39, 0.29) is 6.03 Å². The molecule has 2 rings (SSSR count). The highest BCUT2D eigenvalue weighted by atomic mass is 32.2. The number of unbranched alkanes of at least 4 members (excludes halogenated alkanes) is 3. The molecule has 2 N–H and O–H groups in total. The fourth-order valence-corrected chi connectivity index (χ4v) is 4.90. The summed E-state index contributed by atoms with van der Waals surface area (Å²) in [6.45, 7) is 6.98. The fraction of sp³-hybridized carbons (Fsp3) is 0.929. The highest BCUT2D eigenvalue weighted by Crippen LogP contribution is 2.43. The summed E-state index contributed by atoms with van der Waals surface area (Å²) >= 11 is 2.03. The van der Waals surface area contributed by atoms with Crippen molar-refractivity contribution in [2.24, 2.45) is 5.41 Å². The lowest BCUT2D eigenvalue weighted by molar-refractivity contribution is 0.244. The molecule has 2 amide bonds. The summed E-state index contributed by atoms with van der Waals surface area (Å²) in [6, 6.07) is 0.711. The summed E-state index contributed by atoms with van der Waals surface area (Å²) in [5.74, 6) is 1.06. The normalized spacial score (nSPS) is 31.1. The van der Waals surface area contributed by atoms with Gasteiger partial charge < -0.3 is 10.6 Å². The van der Waals surface area contributed by atoms with Crippen molar-refractivity contribution < 1.29 is 4.79 Å². The number of carbonyl (C=O) groups is 1. The van der Waals surface area contributed by atoms with Crippen LogP contribution in [0.1, 0.15) is 52.9 Å². The Morgan fingerprint density at radius 1 is 1.28 bits per heavy atom. The third-order valence-corrected chi connectivity index (χ3v) is 6.12. The molecular formula is C14H26N2OS. The predicted molar refractivity (Wildman–Crippen MR) is 78.0 cm³/mol. The van der Waals surface area contributed by atoms with Crippen molar-refractivity contribution in [1.82, 2.24) is 10.6 Å². The molecule has 2 aliphatic heterocycles. The minimum atomic E-state index is 0.0251. The van der Waals surface area contributed by atoms with E-state index in [1.807, 2.05) is 11.8 Å². The lowest BCUT2D eigenvalue weighted by atomic mass is 9.79. The molecule has 0 radical (unpaired) electrons. The number of fused-ring (bicyclic) bond motifs is 1. The molecule has 104 valence electrons. The average Bonchev–Trinajstić information content (AvgIpc) is 2.82. The van der Waals surface area contributed by atoms with Gasteiger partial charge in [0.25, 0.3) is 0 Å². The van der Waals surface area contributed by atoms with Crippen LogP contribution < -0.4 is 10.6 Å². The predicted octanol–water partition coefficient (Wildman–Crippen LogP) is 3.15. The third-order valence-electron chi connectivity index (χ3n) is 4.27. The molecule has 2 aliphatic rings. The molecule has 0 bridgehead atoms. The first-order valence-corrected chi connectivity index (χ1v) is 8.28. The fourth-order valence-electron chi connectivity index (χ4n) is 3.16. The molecule has 18 heavy (non-hydrogen) atoms. The van der Waals surface area contributed by atoms with E-state index >= 15 is 0 Å². The number of hydrogen-bond donors (Lipinski definition) is 2. The Morgan fingerprint density at radius 3 is 2.78 bits per heavy atom. The van der Waals surface area contributed by atoms with Gasteiger partial charge in [0, 0.05) is 11.0 Å². The van der Waals surface area contributed by atoms with Crippen molar-refractivity contribution in [2.75, 3.05) is 5.75 Å². The highest BCUT2D eigenvalue weighted by molar-refractivity contribution is 8.00. The summed E-state index contributed by atoms with van der Waals surface area (Å²) in [4.78, 5) is 11.4. The van der Waals surface area contributed by atoms with Crippen LogP contribution in [0.2, 0.25) is 0 Å². The first-order valence-electron chi connectivity index (χ1n) is 7.23. The standard InChI is InChI=1S/C14H26N2OS/c1-4-5-6-7-8-14(2,3)12-11-10(9-18-12)15-13(17)16-11/h10-12H,4-9H2,1-3H3,(H2,15,16,17). The summed E-state index contributed by atoms with van der Waals surface area (Å²) < 4.78 is 0. The molecule has 2 saturated heterocycles. The zero-order valence-corrected chi connectivity index (χ0v) is 12.6. The van der Waals surface area contributed by atoms with Crippen molar-refractivity contribution >= 4 is 17.8 Å². The van der Waals surface area contributed by atoms with Gasteiger partial charge in [-0.15, -0.1) is 0 Å². The first-order chi connectivity index (χ1) is 8.54. The second-order valence-electron chi connectivity index (χ2n) is 6.30. The van der Waals surface area contributed by atoms with Gasteiger partial charge in [-0.05, 0) is 11.8 Å². The molecule has 2 heterocycles. The molecule has 0 saturated carbocycles. The van der Waals surface area contributed by atoms with Crippen molar-refractivity contribution in [1.29, 1.82) is 0 Å². The second-order valence-corrected chi connectivity index (χ2v) is 7.48. The van der Waals surface area contributed by atoms with E-state index in [2.05, 4.69) is 31.4 Å². The zero-order valence-electron chi connectivity index (χ0n) is 11.8. The summed E-state index contributed by atoms with van der Waals surface area (Å²) in [5, 5.41) is 6.68.